The molecule has 0 aliphatic rings. The molecule has 168 valence electrons. The molecule has 1 amide bonds. The lowest BCUT2D eigenvalue weighted by Crippen LogP contribution is -2.41. The van der Waals surface area contributed by atoms with E-state index in [1.165, 1.54) is 0 Å². The molecular weight excluding hydrogens is 492 g/mol. The van der Waals surface area contributed by atoms with E-state index in [-0.39, 0.29) is 24.6 Å². The van der Waals surface area contributed by atoms with Gasteiger partial charge in [-0.25, -0.2) is 8.42 Å². The second-order valence-electron chi connectivity index (χ2n) is 7.32. The summed E-state index contributed by atoms with van der Waals surface area (Å²) in [5, 5.41) is 2.73. The third kappa shape index (κ3) is 6.34. The number of rotatable bonds is 9. The van der Waals surface area contributed by atoms with Crippen molar-refractivity contribution < 1.29 is 17.9 Å². The van der Waals surface area contributed by atoms with Gasteiger partial charge in [0.2, 0.25) is 5.91 Å². The van der Waals surface area contributed by atoms with Gasteiger partial charge in [-0.3, -0.25) is 9.10 Å². The van der Waals surface area contributed by atoms with Crippen LogP contribution in [0.15, 0.2) is 82.2 Å². The topological polar surface area (TPSA) is 75.7 Å². The van der Waals surface area contributed by atoms with Crippen molar-refractivity contribution in [1.82, 2.24) is 5.32 Å². The van der Waals surface area contributed by atoms with E-state index < -0.39 is 15.9 Å². The number of carbonyl (C=O) groups is 1. The zero-order valence-electron chi connectivity index (χ0n) is 17.9. The van der Waals surface area contributed by atoms with Crippen molar-refractivity contribution >= 4 is 37.5 Å². The molecule has 8 heteroatoms. The van der Waals surface area contributed by atoms with Crippen LogP contribution in [-0.4, -0.2) is 34.0 Å². The second-order valence-corrected chi connectivity index (χ2v) is 10.1. The highest BCUT2D eigenvalue weighted by molar-refractivity contribution is 9.10. The molecule has 0 bridgehead atoms. The van der Waals surface area contributed by atoms with Crippen LogP contribution in [0.4, 0.5) is 5.69 Å². The molecule has 0 fully saturated rings. The zero-order valence-corrected chi connectivity index (χ0v) is 20.3. The lowest BCUT2D eigenvalue weighted by molar-refractivity contribution is -0.119. The molecule has 0 spiro atoms. The molecule has 3 aromatic rings. The van der Waals surface area contributed by atoms with Gasteiger partial charge >= 0.3 is 0 Å². The van der Waals surface area contributed by atoms with Crippen LogP contribution in [0.25, 0.3) is 0 Å². The number of amides is 1. The van der Waals surface area contributed by atoms with E-state index in [9.17, 15) is 13.2 Å². The summed E-state index contributed by atoms with van der Waals surface area (Å²) in [5.74, 6) is 0.300. The Bertz CT molecular complexity index is 1160. The number of anilines is 1. The van der Waals surface area contributed by atoms with Crippen molar-refractivity contribution in [3.8, 4) is 5.75 Å². The SMILES string of the molecule is Cc1ccc(S(=O)(=O)N(CC(=O)NCCOc2cccc(C)c2)c2ccc(Br)cc2)cc1. The van der Waals surface area contributed by atoms with Crippen LogP contribution in [0.2, 0.25) is 0 Å². The molecule has 0 aliphatic heterocycles. The van der Waals surface area contributed by atoms with Crippen LogP contribution in [-0.2, 0) is 14.8 Å². The molecule has 0 heterocycles. The summed E-state index contributed by atoms with van der Waals surface area (Å²) < 4.78 is 34.2. The number of halogens is 1. The van der Waals surface area contributed by atoms with Crippen LogP contribution < -0.4 is 14.4 Å². The van der Waals surface area contributed by atoms with E-state index in [2.05, 4.69) is 21.2 Å². The molecule has 0 aromatic heterocycles. The van der Waals surface area contributed by atoms with Crippen LogP contribution >= 0.6 is 15.9 Å². The van der Waals surface area contributed by atoms with E-state index in [0.29, 0.717) is 5.69 Å². The largest absolute Gasteiger partial charge is 0.492 e. The average molecular weight is 517 g/mol. The maximum absolute atomic E-state index is 13.3. The van der Waals surface area contributed by atoms with E-state index in [1.54, 1.807) is 48.5 Å². The second kappa shape index (κ2) is 10.7. The first-order valence-electron chi connectivity index (χ1n) is 10.1. The average Bonchev–Trinajstić information content (AvgIpc) is 2.76. The van der Waals surface area contributed by atoms with Gasteiger partial charge < -0.3 is 10.1 Å². The van der Waals surface area contributed by atoms with Crippen molar-refractivity contribution in [3.63, 3.8) is 0 Å². The van der Waals surface area contributed by atoms with Crippen molar-refractivity contribution in [2.75, 3.05) is 24.0 Å². The fraction of sp³-hybridized carbons (Fsp3) is 0.208. The fourth-order valence-corrected chi connectivity index (χ4v) is 4.70. The molecule has 0 aliphatic carbocycles. The van der Waals surface area contributed by atoms with Gasteiger partial charge in [0.1, 0.15) is 18.9 Å². The standard InChI is InChI=1S/C24H25BrN2O4S/c1-18-6-12-23(13-7-18)32(29,30)27(21-10-8-20(25)9-11-21)17-24(28)26-14-15-31-22-5-3-4-19(2)16-22/h3-13,16H,14-15,17H2,1-2H3,(H,26,28). The van der Waals surface area contributed by atoms with Crippen LogP contribution in [0, 0.1) is 13.8 Å². The van der Waals surface area contributed by atoms with Gasteiger partial charge in [-0.2, -0.15) is 0 Å². The zero-order chi connectivity index (χ0) is 23.1. The minimum atomic E-state index is -3.93. The Balaban J connectivity index is 1.70. The number of ether oxygens (including phenoxy) is 1. The normalized spacial score (nSPS) is 11.1. The summed E-state index contributed by atoms with van der Waals surface area (Å²) in [6, 6.07) is 21.0. The van der Waals surface area contributed by atoms with Crippen LogP contribution in [0.5, 0.6) is 5.75 Å². The Kier molecular flexibility index (Phi) is 7.93. The van der Waals surface area contributed by atoms with Crippen molar-refractivity contribution in [3.05, 3.63) is 88.4 Å². The molecule has 3 aromatic carbocycles. The molecule has 32 heavy (non-hydrogen) atoms. The molecule has 0 atom stereocenters. The maximum atomic E-state index is 13.3. The highest BCUT2D eigenvalue weighted by atomic mass is 79.9. The highest BCUT2D eigenvalue weighted by Crippen LogP contribution is 2.25. The molecule has 1 N–H and O–H groups in total. The first-order valence-corrected chi connectivity index (χ1v) is 12.3. The monoisotopic (exact) mass is 516 g/mol. The first kappa shape index (κ1) is 23.8. The summed E-state index contributed by atoms with van der Waals surface area (Å²) in [6.45, 7) is 4.04. The van der Waals surface area contributed by atoms with Crippen molar-refractivity contribution in [1.29, 1.82) is 0 Å². The van der Waals surface area contributed by atoms with Crippen molar-refractivity contribution in [2.45, 2.75) is 18.7 Å². The fourth-order valence-electron chi connectivity index (χ4n) is 3.01. The number of aryl methyl sites for hydroxylation is 2. The lowest BCUT2D eigenvalue weighted by atomic mass is 10.2. The number of nitrogens with one attached hydrogen (secondary N) is 1. The lowest BCUT2D eigenvalue weighted by Gasteiger charge is -2.24. The van der Waals surface area contributed by atoms with Crippen LogP contribution in [0.3, 0.4) is 0 Å². The number of benzene rings is 3. The molecule has 3 rings (SSSR count). The maximum Gasteiger partial charge on any atom is 0.264 e. The van der Waals surface area contributed by atoms with Crippen molar-refractivity contribution in [2.24, 2.45) is 0 Å². The molecule has 0 saturated heterocycles. The van der Waals surface area contributed by atoms with E-state index in [0.717, 1.165) is 25.7 Å². The number of nitrogens with zero attached hydrogens (tertiary/aromatic N) is 1. The third-order valence-corrected chi connectivity index (χ3v) is 7.01. The molecule has 0 radical (unpaired) electrons. The predicted molar refractivity (Wildman–Crippen MR) is 130 cm³/mol. The molecule has 6 nitrogen and oxygen atoms in total. The van der Waals surface area contributed by atoms with Gasteiger partial charge in [-0.1, -0.05) is 45.8 Å². The summed E-state index contributed by atoms with van der Waals surface area (Å²) in [6.07, 6.45) is 0. The minimum Gasteiger partial charge on any atom is -0.492 e. The molecule has 0 saturated carbocycles. The Hall–Kier alpha value is -2.84. The minimum absolute atomic E-state index is 0.126. The summed E-state index contributed by atoms with van der Waals surface area (Å²) in [5.41, 5.74) is 2.43. The smallest absolute Gasteiger partial charge is 0.264 e. The highest BCUT2D eigenvalue weighted by Gasteiger charge is 2.27. The molecule has 0 unspecified atom stereocenters. The summed E-state index contributed by atoms with van der Waals surface area (Å²) in [4.78, 5) is 12.7. The number of hydrogen-bond acceptors (Lipinski definition) is 4. The van der Waals surface area contributed by atoms with Gasteiger partial charge in [0.15, 0.2) is 0 Å². The first-order chi connectivity index (χ1) is 15.3. The van der Waals surface area contributed by atoms with Crippen LogP contribution in [0.1, 0.15) is 11.1 Å². The Morgan fingerprint density at radius 3 is 2.31 bits per heavy atom. The number of hydrogen-bond donors (Lipinski definition) is 1. The Labute approximate surface area is 197 Å². The predicted octanol–water partition coefficient (Wildman–Crippen LogP) is 4.46. The Morgan fingerprint density at radius 2 is 1.66 bits per heavy atom. The number of sulfonamides is 1. The quantitative estimate of drug-likeness (QED) is 0.426. The Morgan fingerprint density at radius 1 is 0.969 bits per heavy atom. The number of carbonyl (C=O) groups excluding carboxylic acids is 1. The molecular formula is C24H25BrN2O4S. The summed E-state index contributed by atoms with van der Waals surface area (Å²) in [7, 11) is -3.93. The van der Waals surface area contributed by atoms with Gasteiger partial charge in [-0.15, -0.1) is 0 Å². The van der Waals surface area contributed by atoms with Gasteiger partial charge in [0, 0.05) is 4.47 Å². The van der Waals surface area contributed by atoms with E-state index >= 15 is 0 Å². The van der Waals surface area contributed by atoms with Gasteiger partial charge in [0.25, 0.3) is 10.0 Å². The van der Waals surface area contributed by atoms with Gasteiger partial charge in [-0.05, 0) is 67.9 Å². The third-order valence-electron chi connectivity index (χ3n) is 4.69. The van der Waals surface area contributed by atoms with E-state index in [4.69, 9.17) is 4.74 Å². The summed E-state index contributed by atoms with van der Waals surface area (Å²) >= 11 is 3.35. The van der Waals surface area contributed by atoms with E-state index in [1.807, 2.05) is 38.1 Å². The van der Waals surface area contributed by atoms with Gasteiger partial charge in [0.05, 0.1) is 17.1 Å².